The Morgan fingerprint density at radius 3 is 2.95 bits per heavy atom. The minimum absolute atomic E-state index is 0.131. The van der Waals surface area contributed by atoms with E-state index in [1.54, 1.807) is 11.3 Å². The van der Waals surface area contributed by atoms with Crippen LogP contribution in [0.1, 0.15) is 29.4 Å². The van der Waals surface area contributed by atoms with Crippen molar-refractivity contribution in [1.82, 2.24) is 10.3 Å². The molecule has 0 aliphatic heterocycles. The third kappa shape index (κ3) is 3.28. The fourth-order valence-corrected chi connectivity index (χ4v) is 3.40. The Morgan fingerprint density at radius 2 is 2.24 bits per heavy atom. The van der Waals surface area contributed by atoms with Crippen LogP contribution in [0.5, 0.6) is 0 Å². The summed E-state index contributed by atoms with van der Waals surface area (Å²) in [4.78, 5) is 4.54. The van der Waals surface area contributed by atoms with Gasteiger partial charge in [-0.3, -0.25) is 0 Å². The second-order valence-corrected chi connectivity index (χ2v) is 6.41. The summed E-state index contributed by atoms with van der Waals surface area (Å²) >= 11 is 7.73. The smallest absolute Gasteiger partial charge is 0.134 e. The number of hydrogen-bond donors (Lipinski definition) is 1. The van der Waals surface area contributed by atoms with E-state index in [4.69, 9.17) is 16.0 Å². The van der Waals surface area contributed by atoms with Crippen LogP contribution in [0.2, 0.25) is 5.02 Å². The number of thiazole rings is 1. The maximum Gasteiger partial charge on any atom is 0.134 e. The van der Waals surface area contributed by atoms with Gasteiger partial charge in [0.25, 0.3) is 0 Å². The minimum atomic E-state index is 0.131. The van der Waals surface area contributed by atoms with Gasteiger partial charge in [-0.25, -0.2) is 4.98 Å². The number of aromatic nitrogens is 1. The van der Waals surface area contributed by atoms with Gasteiger partial charge in [-0.05, 0) is 37.7 Å². The highest BCUT2D eigenvalue weighted by atomic mass is 35.5. The number of nitrogens with one attached hydrogen (secondary N) is 1. The summed E-state index contributed by atoms with van der Waals surface area (Å²) in [6, 6.07) is 7.89. The van der Waals surface area contributed by atoms with Crippen molar-refractivity contribution in [2.45, 2.75) is 26.3 Å². The first-order valence-corrected chi connectivity index (χ1v) is 8.25. The average molecular weight is 321 g/mol. The van der Waals surface area contributed by atoms with E-state index in [0.29, 0.717) is 0 Å². The molecule has 0 radical (unpaired) electrons. The molecule has 0 fully saturated rings. The van der Waals surface area contributed by atoms with Gasteiger partial charge in [0.2, 0.25) is 0 Å². The van der Waals surface area contributed by atoms with Crippen LogP contribution in [-0.4, -0.2) is 11.5 Å². The van der Waals surface area contributed by atoms with E-state index < -0.39 is 0 Å². The van der Waals surface area contributed by atoms with Crippen LogP contribution in [0, 0.1) is 6.92 Å². The molecule has 3 nitrogen and oxygen atoms in total. The number of aryl methyl sites for hydroxylation is 1. The van der Waals surface area contributed by atoms with Crippen molar-refractivity contribution in [1.29, 1.82) is 0 Å². The molecule has 0 saturated heterocycles. The van der Waals surface area contributed by atoms with Crippen LogP contribution >= 0.6 is 22.9 Å². The normalized spacial score (nSPS) is 12.9. The van der Waals surface area contributed by atoms with E-state index in [1.165, 1.54) is 0 Å². The molecule has 0 spiro atoms. The zero-order valence-electron chi connectivity index (χ0n) is 12.0. The maximum absolute atomic E-state index is 6.04. The molecule has 0 aliphatic carbocycles. The third-order valence-corrected chi connectivity index (χ3v) is 4.56. The van der Waals surface area contributed by atoms with E-state index in [-0.39, 0.29) is 6.04 Å². The molecular formula is C16H17ClN2OS. The van der Waals surface area contributed by atoms with Gasteiger partial charge in [-0.1, -0.05) is 18.5 Å². The quantitative estimate of drug-likeness (QED) is 0.737. The molecule has 3 rings (SSSR count). The highest BCUT2D eigenvalue weighted by Crippen LogP contribution is 2.28. The number of nitrogens with zero attached hydrogens (tertiary/aromatic N) is 1. The molecule has 0 saturated carbocycles. The van der Waals surface area contributed by atoms with E-state index in [2.05, 4.69) is 28.7 Å². The molecular weight excluding hydrogens is 304 g/mol. The molecule has 110 valence electrons. The fourth-order valence-electron chi connectivity index (χ4n) is 2.40. The summed E-state index contributed by atoms with van der Waals surface area (Å²) in [5.74, 6) is 0.932. The van der Waals surface area contributed by atoms with Gasteiger partial charge in [0, 0.05) is 27.9 Å². The molecule has 1 unspecified atom stereocenters. The van der Waals surface area contributed by atoms with Crippen molar-refractivity contribution in [3.05, 3.63) is 51.1 Å². The molecule has 2 aromatic heterocycles. The third-order valence-electron chi connectivity index (χ3n) is 3.34. The molecule has 1 aromatic carbocycles. The van der Waals surface area contributed by atoms with E-state index >= 15 is 0 Å². The number of fused-ring (bicyclic) bond motifs is 1. The largest absolute Gasteiger partial charge is 0.459 e. The lowest BCUT2D eigenvalue weighted by Gasteiger charge is -2.13. The van der Waals surface area contributed by atoms with Crippen LogP contribution < -0.4 is 5.32 Å². The fraction of sp³-hybridized carbons (Fsp3) is 0.312. The number of furan rings is 1. The second-order valence-electron chi connectivity index (χ2n) is 5.03. The number of benzene rings is 1. The number of hydrogen-bond acceptors (Lipinski definition) is 4. The predicted molar refractivity (Wildman–Crippen MR) is 88.2 cm³/mol. The first kappa shape index (κ1) is 14.6. The molecule has 0 bridgehead atoms. The van der Waals surface area contributed by atoms with E-state index in [0.717, 1.165) is 45.4 Å². The van der Waals surface area contributed by atoms with Crippen LogP contribution in [0.4, 0.5) is 0 Å². The molecule has 0 amide bonds. The Bertz CT molecular complexity index is 750. The van der Waals surface area contributed by atoms with Crippen molar-refractivity contribution < 1.29 is 4.42 Å². The first-order chi connectivity index (χ1) is 10.2. The SMILES string of the molecule is CCNC(Cc1nc(C)cs1)c1cc2cc(Cl)ccc2o1. The molecule has 0 aliphatic rings. The summed E-state index contributed by atoms with van der Waals surface area (Å²) < 4.78 is 5.97. The lowest BCUT2D eigenvalue weighted by molar-refractivity contribution is 0.434. The van der Waals surface area contributed by atoms with Crippen LogP contribution in [0.15, 0.2) is 34.1 Å². The van der Waals surface area contributed by atoms with Crippen molar-refractivity contribution in [2.75, 3.05) is 6.54 Å². The molecule has 5 heteroatoms. The average Bonchev–Trinajstić information content (AvgIpc) is 3.04. The molecule has 21 heavy (non-hydrogen) atoms. The van der Waals surface area contributed by atoms with Gasteiger partial charge in [-0.2, -0.15) is 0 Å². The Morgan fingerprint density at radius 1 is 1.38 bits per heavy atom. The van der Waals surface area contributed by atoms with Crippen molar-refractivity contribution >= 4 is 33.9 Å². The van der Waals surface area contributed by atoms with Crippen molar-refractivity contribution in [3.8, 4) is 0 Å². The molecule has 3 aromatic rings. The zero-order chi connectivity index (χ0) is 14.8. The van der Waals surface area contributed by atoms with Gasteiger partial charge < -0.3 is 9.73 Å². The summed E-state index contributed by atoms with van der Waals surface area (Å²) in [6.45, 7) is 5.00. The topological polar surface area (TPSA) is 38.1 Å². The van der Waals surface area contributed by atoms with E-state index in [1.807, 2.05) is 25.1 Å². The Balaban J connectivity index is 1.90. The van der Waals surface area contributed by atoms with Gasteiger partial charge in [0.15, 0.2) is 0 Å². The van der Waals surface area contributed by atoms with Crippen LogP contribution in [0.25, 0.3) is 11.0 Å². The highest BCUT2D eigenvalue weighted by molar-refractivity contribution is 7.09. The lowest BCUT2D eigenvalue weighted by Crippen LogP contribution is -2.22. The summed E-state index contributed by atoms with van der Waals surface area (Å²) in [6.07, 6.45) is 0.833. The summed E-state index contributed by atoms with van der Waals surface area (Å²) in [5.41, 5.74) is 1.94. The number of rotatable bonds is 5. The summed E-state index contributed by atoms with van der Waals surface area (Å²) in [7, 11) is 0. The predicted octanol–water partition coefficient (Wildman–Crippen LogP) is 4.74. The molecule has 2 heterocycles. The van der Waals surface area contributed by atoms with E-state index in [9.17, 15) is 0 Å². The molecule has 1 N–H and O–H groups in total. The Kier molecular flexibility index (Phi) is 4.29. The lowest BCUT2D eigenvalue weighted by atomic mass is 10.1. The van der Waals surface area contributed by atoms with Gasteiger partial charge in [0.1, 0.15) is 11.3 Å². The molecule has 1 atom stereocenters. The van der Waals surface area contributed by atoms with Crippen molar-refractivity contribution in [3.63, 3.8) is 0 Å². The monoisotopic (exact) mass is 320 g/mol. The van der Waals surface area contributed by atoms with Crippen LogP contribution in [0.3, 0.4) is 0 Å². The van der Waals surface area contributed by atoms with Crippen molar-refractivity contribution in [2.24, 2.45) is 0 Å². The Labute approximate surface area is 133 Å². The zero-order valence-corrected chi connectivity index (χ0v) is 13.6. The summed E-state index contributed by atoms with van der Waals surface area (Å²) in [5, 5.41) is 8.44. The minimum Gasteiger partial charge on any atom is -0.459 e. The van der Waals surface area contributed by atoms with Gasteiger partial charge in [-0.15, -0.1) is 11.3 Å². The standard InChI is InChI=1S/C16H17ClN2OS/c1-3-18-13(8-16-19-10(2)9-21-16)15-7-11-6-12(17)4-5-14(11)20-15/h4-7,9,13,18H,3,8H2,1-2H3. The second kappa shape index (κ2) is 6.18. The number of halogens is 1. The first-order valence-electron chi connectivity index (χ1n) is 6.99. The Hall–Kier alpha value is -1.36. The highest BCUT2D eigenvalue weighted by Gasteiger charge is 2.17. The maximum atomic E-state index is 6.04. The number of likely N-dealkylation sites (N-methyl/N-ethyl adjacent to an activating group) is 1. The van der Waals surface area contributed by atoms with Gasteiger partial charge in [0.05, 0.1) is 11.0 Å². The van der Waals surface area contributed by atoms with Crippen LogP contribution in [-0.2, 0) is 6.42 Å². The van der Waals surface area contributed by atoms with Gasteiger partial charge >= 0.3 is 0 Å².